The quantitative estimate of drug-likeness (QED) is 0.687. The Labute approximate surface area is 122 Å². The first-order valence-electron chi connectivity index (χ1n) is 6.02. The summed E-state index contributed by atoms with van der Waals surface area (Å²) in [5, 5.41) is 3.19. The lowest BCUT2D eigenvalue weighted by Gasteiger charge is -2.07. The van der Waals surface area contributed by atoms with Crippen LogP contribution in [0.4, 0.5) is 10.1 Å². The molecule has 2 aromatic carbocycles. The van der Waals surface area contributed by atoms with Crippen LogP contribution < -0.4 is 11.0 Å². The van der Waals surface area contributed by atoms with Crippen molar-refractivity contribution in [3.63, 3.8) is 0 Å². The molecule has 6 heteroatoms. The molecule has 1 heterocycles. The third-order valence-corrected chi connectivity index (χ3v) is 3.64. The van der Waals surface area contributed by atoms with E-state index >= 15 is 0 Å². The maximum atomic E-state index is 13.4. The molecular weight excluding hydrogens is 325 g/mol. The van der Waals surface area contributed by atoms with Gasteiger partial charge in [0.25, 0.3) is 0 Å². The smallest absolute Gasteiger partial charge is 0.323 e. The van der Waals surface area contributed by atoms with Crippen LogP contribution in [-0.2, 0) is 6.54 Å². The number of halogens is 2. The standard InChI is InChI=1S/C14H11BrFN3O/c15-10-3-1-8(5-11(10)16)7-17-9-2-4-12-13(6-9)19-14(20)18-12/h1-6,17H,7H2,(H2,18,19,20). The number of rotatable bonds is 3. The summed E-state index contributed by atoms with van der Waals surface area (Å²) in [7, 11) is 0. The highest BCUT2D eigenvalue weighted by atomic mass is 79.9. The second-order valence-electron chi connectivity index (χ2n) is 4.44. The first-order chi connectivity index (χ1) is 9.61. The molecule has 102 valence electrons. The van der Waals surface area contributed by atoms with Crippen molar-refractivity contribution in [2.45, 2.75) is 6.54 Å². The summed E-state index contributed by atoms with van der Waals surface area (Å²) in [5.41, 5.74) is 2.97. The van der Waals surface area contributed by atoms with Crippen molar-refractivity contribution in [3.05, 3.63) is 62.7 Å². The van der Waals surface area contributed by atoms with E-state index in [1.165, 1.54) is 6.07 Å². The molecule has 0 spiro atoms. The summed E-state index contributed by atoms with van der Waals surface area (Å²) in [6.07, 6.45) is 0. The fraction of sp³-hybridized carbons (Fsp3) is 0.0714. The van der Waals surface area contributed by atoms with Gasteiger partial charge in [-0.3, -0.25) is 0 Å². The zero-order valence-electron chi connectivity index (χ0n) is 10.3. The number of fused-ring (bicyclic) bond motifs is 1. The molecule has 3 aromatic rings. The number of benzene rings is 2. The average Bonchev–Trinajstić information content (AvgIpc) is 2.79. The van der Waals surface area contributed by atoms with E-state index in [4.69, 9.17) is 0 Å². The molecule has 0 radical (unpaired) electrons. The number of hydrogen-bond donors (Lipinski definition) is 3. The number of aromatic nitrogens is 2. The van der Waals surface area contributed by atoms with Gasteiger partial charge in [-0.15, -0.1) is 0 Å². The minimum absolute atomic E-state index is 0.230. The Balaban J connectivity index is 1.78. The highest BCUT2D eigenvalue weighted by molar-refractivity contribution is 9.10. The summed E-state index contributed by atoms with van der Waals surface area (Å²) in [5.74, 6) is -0.283. The van der Waals surface area contributed by atoms with E-state index in [1.807, 2.05) is 24.3 Å². The number of anilines is 1. The topological polar surface area (TPSA) is 60.7 Å². The van der Waals surface area contributed by atoms with Crippen LogP contribution in [0.3, 0.4) is 0 Å². The van der Waals surface area contributed by atoms with Crippen LogP contribution in [0.5, 0.6) is 0 Å². The average molecular weight is 336 g/mol. The van der Waals surface area contributed by atoms with Gasteiger partial charge in [-0.25, -0.2) is 9.18 Å². The fourth-order valence-electron chi connectivity index (χ4n) is 2.00. The molecule has 4 nitrogen and oxygen atoms in total. The van der Waals surface area contributed by atoms with E-state index < -0.39 is 0 Å². The predicted molar refractivity (Wildman–Crippen MR) is 80.3 cm³/mol. The molecule has 0 amide bonds. The number of aromatic amines is 2. The van der Waals surface area contributed by atoms with Gasteiger partial charge in [0.05, 0.1) is 15.5 Å². The SMILES string of the molecule is O=c1[nH]c2ccc(NCc3ccc(Br)c(F)c3)cc2[nH]1. The molecule has 1 aromatic heterocycles. The molecule has 0 unspecified atom stereocenters. The first kappa shape index (κ1) is 12.9. The Kier molecular flexibility index (Phi) is 3.31. The highest BCUT2D eigenvalue weighted by Crippen LogP contribution is 2.18. The van der Waals surface area contributed by atoms with E-state index in [1.54, 1.807) is 6.07 Å². The van der Waals surface area contributed by atoms with Crippen molar-refractivity contribution in [1.82, 2.24) is 9.97 Å². The summed E-state index contributed by atoms with van der Waals surface area (Å²) in [6, 6.07) is 10.5. The molecule has 0 saturated heterocycles. The second kappa shape index (κ2) is 5.13. The van der Waals surface area contributed by atoms with Crippen LogP contribution in [0.15, 0.2) is 45.7 Å². The number of H-pyrrole nitrogens is 2. The van der Waals surface area contributed by atoms with Gasteiger partial charge in [-0.05, 0) is 51.8 Å². The number of nitrogens with one attached hydrogen (secondary N) is 3. The Morgan fingerprint density at radius 2 is 1.90 bits per heavy atom. The van der Waals surface area contributed by atoms with Crippen molar-refractivity contribution in [2.75, 3.05) is 5.32 Å². The fourth-order valence-corrected chi connectivity index (χ4v) is 2.24. The third-order valence-electron chi connectivity index (χ3n) is 3.00. The minimum atomic E-state index is -0.283. The second-order valence-corrected chi connectivity index (χ2v) is 5.30. The van der Waals surface area contributed by atoms with Crippen molar-refractivity contribution < 1.29 is 4.39 Å². The maximum absolute atomic E-state index is 13.4. The van der Waals surface area contributed by atoms with E-state index in [2.05, 4.69) is 31.2 Å². The molecule has 0 saturated carbocycles. The normalized spacial score (nSPS) is 10.9. The first-order valence-corrected chi connectivity index (χ1v) is 6.81. The zero-order valence-corrected chi connectivity index (χ0v) is 11.9. The van der Waals surface area contributed by atoms with Gasteiger partial charge in [-0.1, -0.05) is 6.07 Å². The van der Waals surface area contributed by atoms with Crippen molar-refractivity contribution in [2.24, 2.45) is 0 Å². The number of hydrogen-bond acceptors (Lipinski definition) is 2. The van der Waals surface area contributed by atoms with E-state index in [9.17, 15) is 9.18 Å². The molecular formula is C14H11BrFN3O. The monoisotopic (exact) mass is 335 g/mol. The summed E-state index contributed by atoms with van der Waals surface area (Å²) in [6.45, 7) is 0.504. The molecule has 3 rings (SSSR count). The van der Waals surface area contributed by atoms with E-state index in [-0.39, 0.29) is 11.5 Å². The van der Waals surface area contributed by atoms with Crippen LogP contribution in [0.25, 0.3) is 11.0 Å². The molecule has 0 fully saturated rings. The highest BCUT2D eigenvalue weighted by Gasteiger charge is 2.02. The molecule has 0 bridgehead atoms. The molecule has 0 aliphatic heterocycles. The minimum Gasteiger partial charge on any atom is -0.381 e. The van der Waals surface area contributed by atoms with Crippen LogP contribution in [0, 0.1) is 5.82 Å². The lowest BCUT2D eigenvalue weighted by atomic mass is 10.2. The zero-order chi connectivity index (χ0) is 14.1. The summed E-state index contributed by atoms with van der Waals surface area (Å²) in [4.78, 5) is 16.5. The van der Waals surface area contributed by atoms with Crippen LogP contribution >= 0.6 is 15.9 Å². The Morgan fingerprint density at radius 3 is 2.70 bits per heavy atom. The van der Waals surface area contributed by atoms with Crippen LogP contribution in [0.1, 0.15) is 5.56 Å². The van der Waals surface area contributed by atoms with Gasteiger partial charge in [-0.2, -0.15) is 0 Å². The lowest BCUT2D eigenvalue weighted by molar-refractivity contribution is 0.619. The molecule has 0 aliphatic rings. The van der Waals surface area contributed by atoms with Crippen molar-refractivity contribution >= 4 is 32.7 Å². The molecule has 3 N–H and O–H groups in total. The van der Waals surface area contributed by atoms with Gasteiger partial charge in [0.2, 0.25) is 0 Å². The Bertz CT molecular complexity index is 825. The van der Waals surface area contributed by atoms with E-state index in [0.29, 0.717) is 11.0 Å². The van der Waals surface area contributed by atoms with Gasteiger partial charge < -0.3 is 15.3 Å². The largest absolute Gasteiger partial charge is 0.381 e. The Morgan fingerprint density at radius 1 is 1.10 bits per heavy atom. The maximum Gasteiger partial charge on any atom is 0.323 e. The summed E-state index contributed by atoms with van der Waals surface area (Å²) >= 11 is 3.12. The van der Waals surface area contributed by atoms with E-state index in [0.717, 1.165) is 22.3 Å². The van der Waals surface area contributed by atoms with Gasteiger partial charge in [0, 0.05) is 12.2 Å². The van der Waals surface area contributed by atoms with Gasteiger partial charge in [0.15, 0.2) is 0 Å². The van der Waals surface area contributed by atoms with Crippen LogP contribution in [0.2, 0.25) is 0 Å². The van der Waals surface area contributed by atoms with Crippen molar-refractivity contribution in [3.8, 4) is 0 Å². The lowest BCUT2D eigenvalue weighted by Crippen LogP contribution is -2.00. The molecule has 20 heavy (non-hydrogen) atoms. The third kappa shape index (κ3) is 2.60. The van der Waals surface area contributed by atoms with Crippen LogP contribution in [-0.4, -0.2) is 9.97 Å². The predicted octanol–water partition coefficient (Wildman–Crippen LogP) is 3.37. The number of imidazole rings is 1. The van der Waals surface area contributed by atoms with Gasteiger partial charge >= 0.3 is 5.69 Å². The van der Waals surface area contributed by atoms with Crippen molar-refractivity contribution in [1.29, 1.82) is 0 Å². The Hall–Kier alpha value is -2.08. The van der Waals surface area contributed by atoms with Gasteiger partial charge in [0.1, 0.15) is 5.82 Å². The molecule has 0 atom stereocenters. The summed E-state index contributed by atoms with van der Waals surface area (Å²) < 4.78 is 13.8. The molecule has 0 aliphatic carbocycles.